The van der Waals surface area contributed by atoms with Gasteiger partial charge in [0.05, 0.1) is 12.8 Å². The van der Waals surface area contributed by atoms with Crippen LogP contribution < -0.4 is 4.74 Å². The summed E-state index contributed by atoms with van der Waals surface area (Å²) in [5.74, 6) is 0.902. The number of fused-ring (bicyclic) bond motifs is 1. The summed E-state index contributed by atoms with van der Waals surface area (Å²) in [6.07, 6.45) is 3.25. The third-order valence-electron chi connectivity index (χ3n) is 4.77. The van der Waals surface area contributed by atoms with E-state index in [-0.39, 0.29) is 0 Å². The van der Waals surface area contributed by atoms with E-state index in [0.717, 1.165) is 37.5 Å². The van der Waals surface area contributed by atoms with Gasteiger partial charge in [0, 0.05) is 31.5 Å². The molecule has 3 heteroatoms. The summed E-state index contributed by atoms with van der Waals surface area (Å²) < 4.78 is 7.76. The fraction of sp³-hybridized carbons (Fsp3) is 0.238. The predicted octanol–water partition coefficient (Wildman–Crippen LogP) is 4.04. The molecule has 4 rings (SSSR count). The van der Waals surface area contributed by atoms with Crippen LogP contribution in [0.1, 0.15) is 16.8 Å². The van der Waals surface area contributed by atoms with Crippen molar-refractivity contribution in [2.75, 3.05) is 13.7 Å². The first-order valence-electron chi connectivity index (χ1n) is 8.44. The van der Waals surface area contributed by atoms with Gasteiger partial charge in [-0.1, -0.05) is 36.4 Å². The standard InChI is InChI=1S/C21H22N2O/c1-24-21-11-5-4-10-20(21)23-13-6-9-19(23)16-22-14-12-17-7-2-3-8-18(17)15-22/h2-11,13H,12,14-16H2,1H3. The van der Waals surface area contributed by atoms with Crippen LogP contribution in [0.3, 0.4) is 0 Å². The van der Waals surface area contributed by atoms with E-state index < -0.39 is 0 Å². The highest BCUT2D eigenvalue weighted by atomic mass is 16.5. The highest BCUT2D eigenvalue weighted by molar-refractivity contribution is 5.48. The lowest BCUT2D eigenvalue weighted by Crippen LogP contribution is -2.30. The maximum absolute atomic E-state index is 5.53. The van der Waals surface area contributed by atoms with Crippen LogP contribution in [0.5, 0.6) is 5.75 Å². The van der Waals surface area contributed by atoms with Crippen LogP contribution in [-0.4, -0.2) is 23.1 Å². The summed E-state index contributed by atoms with van der Waals surface area (Å²) in [5, 5.41) is 0. The van der Waals surface area contributed by atoms with Crippen molar-refractivity contribution in [1.29, 1.82) is 0 Å². The van der Waals surface area contributed by atoms with E-state index >= 15 is 0 Å². The average Bonchev–Trinajstić information content (AvgIpc) is 3.09. The van der Waals surface area contributed by atoms with Gasteiger partial charge < -0.3 is 9.30 Å². The normalized spacial score (nSPS) is 14.4. The van der Waals surface area contributed by atoms with Crippen LogP contribution in [0.25, 0.3) is 5.69 Å². The Morgan fingerprint density at radius 3 is 2.58 bits per heavy atom. The Balaban J connectivity index is 1.58. The molecule has 1 aliphatic rings. The van der Waals surface area contributed by atoms with Gasteiger partial charge in [0.25, 0.3) is 0 Å². The van der Waals surface area contributed by atoms with Crippen LogP contribution in [0, 0.1) is 0 Å². The number of nitrogens with zero attached hydrogens (tertiary/aromatic N) is 2. The highest BCUT2D eigenvalue weighted by Gasteiger charge is 2.17. The summed E-state index contributed by atoms with van der Waals surface area (Å²) in [4.78, 5) is 2.52. The first-order chi connectivity index (χ1) is 11.8. The molecule has 2 heterocycles. The first kappa shape index (κ1) is 15.0. The molecule has 0 bridgehead atoms. The summed E-state index contributed by atoms with van der Waals surface area (Å²) >= 11 is 0. The van der Waals surface area contributed by atoms with Crippen molar-refractivity contribution in [3.63, 3.8) is 0 Å². The molecule has 1 aromatic heterocycles. The molecule has 0 radical (unpaired) electrons. The molecule has 0 saturated carbocycles. The maximum Gasteiger partial charge on any atom is 0.142 e. The van der Waals surface area contributed by atoms with Crippen LogP contribution in [-0.2, 0) is 19.5 Å². The zero-order chi connectivity index (χ0) is 16.4. The average molecular weight is 318 g/mol. The largest absolute Gasteiger partial charge is 0.495 e. The van der Waals surface area contributed by atoms with Gasteiger partial charge in [0.15, 0.2) is 0 Å². The van der Waals surface area contributed by atoms with Gasteiger partial charge >= 0.3 is 0 Å². The second kappa shape index (κ2) is 6.54. The molecule has 0 atom stereocenters. The Morgan fingerprint density at radius 1 is 0.917 bits per heavy atom. The predicted molar refractivity (Wildman–Crippen MR) is 96.6 cm³/mol. The number of methoxy groups -OCH3 is 1. The monoisotopic (exact) mass is 318 g/mol. The van der Waals surface area contributed by atoms with Gasteiger partial charge in [0.2, 0.25) is 0 Å². The molecule has 0 unspecified atom stereocenters. The quantitative estimate of drug-likeness (QED) is 0.722. The number of rotatable bonds is 4. The van der Waals surface area contributed by atoms with Crippen LogP contribution in [0.2, 0.25) is 0 Å². The lowest BCUT2D eigenvalue weighted by atomic mass is 10.00. The van der Waals surface area contributed by atoms with Crippen molar-refractivity contribution in [3.8, 4) is 11.4 Å². The molecule has 1 aliphatic heterocycles. The van der Waals surface area contributed by atoms with E-state index in [1.54, 1.807) is 7.11 Å². The highest BCUT2D eigenvalue weighted by Crippen LogP contribution is 2.26. The first-order valence-corrected chi connectivity index (χ1v) is 8.44. The van der Waals surface area contributed by atoms with Crippen molar-refractivity contribution >= 4 is 0 Å². The SMILES string of the molecule is COc1ccccc1-n1cccc1CN1CCc2ccccc2C1. The number of benzene rings is 2. The molecular weight excluding hydrogens is 296 g/mol. The third kappa shape index (κ3) is 2.83. The number of hydrogen-bond donors (Lipinski definition) is 0. The van der Waals surface area contributed by atoms with Crippen LogP contribution in [0.4, 0.5) is 0 Å². The molecule has 3 nitrogen and oxygen atoms in total. The lowest BCUT2D eigenvalue weighted by molar-refractivity contribution is 0.241. The molecule has 0 spiro atoms. The van der Waals surface area contributed by atoms with E-state index in [1.165, 1.54) is 16.8 Å². The van der Waals surface area contributed by atoms with Crippen molar-refractivity contribution in [1.82, 2.24) is 9.47 Å². The molecule has 0 N–H and O–H groups in total. The van der Waals surface area contributed by atoms with Crippen LogP contribution >= 0.6 is 0 Å². The smallest absolute Gasteiger partial charge is 0.142 e. The van der Waals surface area contributed by atoms with E-state index in [0.29, 0.717) is 0 Å². The van der Waals surface area contributed by atoms with Gasteiger partial charge in [-0.2, -0.15) is 0 Å². The third-order valence-corrected chi connectivity index (χ3v) is 4.77. The van der Waals surface area contributed by atoms with E-state index in [1.807, 2.05) is 12.1 Å². The Morgan fingerprint density at radius 2 is 1.71 bits per heavy atom. The van der Waals surface area contributed by atoms with Crippen molar-refractivity contribution in [3.05, 3.63) is 83.7 Å². The summed E-state index contributed by atoms with van der Waals surface area (Å²) in [7, 11) is 1.73. The lowest BCUT2D eigenvalue weighted by Gasteiger charge is -2.29. The summed E-state index contributed by atoms with van der Waals surface area (Å²) in [5.41, 5.74) is 5.34. The van der Waals surface area contributed by atoms with E-state index in [4.69, 9.17) is 4.74 Å². The fourth-order valence-electron chi connectivity index (χ4n) is 3.53. The zero-order valence-corrected chi connectivity index (χ0v) is 14.0. The Bertz CT molecular complexity index is 837. The number of para-hydroxylation sites is 2. The molecule has 0 saturated heterocycles. The second-order valence-electron chi connectivity index (χ2n) is 6.27. The van der Waals surface area contributed by atoms with Crippen molar-refractivity contribution in [2.45, 2.75) is 19.5 Å². The van der Waals surface area contributed by atoms with Gasteiger partial charge in [-0.05, 0) is 41.8 Å². The molecule has 0 amide bonds. The Kier molecular flexibility index (Phi) is 4.09. The maximum atomic E-state index is 5.53. The minimum atomic E-state index is 0.902. The van der Waals surface area contributed by atoms with Gasteiger partial charge in [-0.15, -0.1) is 0 Å². The fourth-order valence-corrected chi connectivity index (χ4v) is 3.53. The molecule has 0 aliphatic carbocycles. The zero-order valence-electron chi connectivity index (χ0n) is 14.0. The van der Waals surface area contributed by atoms with E-state index in [9.17, 15) is 0 Å². The molecule has 122 valence electrons. The van der Waals surface area contributed by atoms with Crippen molar-refractivity contribution in [2.24, 2.45) is 0 Å². The Labute approximate surface area is 143 Å². The molecular formula is C21H22N2O. The van der Waals surface area contributed by atoms with Crippen molar-refractivity contribution < 1.29 is 4.74 Å². The van der Waals surface area contributed by atoms with Gasteiger partial charge in [0.1, 0.15) is 5.75 Å². The molecule has 24 heavy (non-hydrogen) atoms. The van der Waals surface area contributed by atoms with Gasteiger partial charge in [-0.3, -0.25) is 4.90 Å². The molecule has 0 fully saturated rings. The Hall–Kier alpha value is -2.52. The number of hydrogen-bond acceptors (Lipinski definition) is 2. The topological polar surface area (TPSA) is 17.4 Å². The number of ether oxygens (including phenoxy) is 1. The minimum absolute atomic E-state index is 0.902. The second-order valence-corrected chi connectivity index (χ2v) is 6.27. The van der Waals surface area contributed by atoms with E-state index in [2.05, 4.69) is 64.2 Å². The minimum Gasteiger partial charge on any atom is -0.495 e. The van der Waals surface area contributed by atoms with Gasteiger partial charge in [-0.25, -0.2) is 0 Å². The number of aromatic nitrogens is 1. The summed E-state index contributed by atoms with van der Waals surface area (Å²) in [6, 6.07) is 21.3. The molecule has 3 aromatic rings. The van der Waals surface area contributed by atoms with Crippen LogP contribution in [0.15, 0.2) is 66.9 Å². The summed E-state index contributed by atoms with van der Waals surface area (Å²) in [6.45, 7) is 3.07. The molecule has 2 aromatic carbocycles.